The highest BCUT2D eigenvalue weighted by molar-refractivity contribution is 5.97. The number of amides is 2. The monoisotopic (exact) mass is 270 g/mol. The van der Waals surface area contributed by atoms with Crippen LogP contribution in [-0.2, 0) is 14.3 Å². The lowest BCUT2D eigenvalue weighted by atomic mass is 9.92. The van der Waals surface area contributed by atoms with Gasteiger partial charge >= 0.3 is 0 Å². The van der Waals surface area contributed by atoms with Crippen LogP contribution < -0.4 is 5.32 Å². The van der Waals surface area contributed by atoms with E-state index in [1.54, 1.807) is 18.9 Å². The molecule has 110 valence electrons. The molecule has 1 aliphatic rings. The highest BCUT2D eigenvalue weighted by atomic mass is 16.5. The summed E-state index contributed by atoms with van der Waals surface area (Å²) in [5.74, 6) is 0.126. The number of rotatable bonds is 6. The summed E-state index contributed by atoms with van der Waals surface area (Å²) in [5.41, 5.74) is 0. The molecule has 0 aromatic rings. The number of piperazine rings is 1. The Kier molecular flexibility index (Phi) is 5.79. The van der Waals surface area contributed by atoms with Crippen LogP contribution in [0, 0.1) is 5.92 Å². The Hall–Kier alpha value is -1.10. The Bertz CT molecular complexity index is 333. The van der Waals surface area contributed by atoms with Crippen molar-refractivity contribution >= 4 is 11.8 Å². The van der Waals surface area contributed by atoms with E-state index in [1.807, 2.05) is 20.8 Å². The summed E-state index contributed by atoms with van der Waals surface area (Å²) in [7, 11) is 1.65. The molecule has 0 spiro atoms. The van der Waals surface area contributed by atoms with Gasteiger partial charge in [-0.2, -0.15) is 0 Å². The Morgan fingerprint density at radius 1 is 1.37 bits per heavy atom. The van der Waals surface area contributed by atoms with Crippen molar-refractivity contribution in [2.75, 3.05) is 13.7 Å². The first-order valence-electron chi connectivity index (χ1n) is 7.05. The van der Waals surface area contributed by atoms with Crippen LogP contribution in [0.1, 0.15) is 40.5 Å². The maximum absolute atomic E-state index is 12.4. The molecule has 1 saturated heterocycles. The SMILES string of the molecule is CCC(C)C1C(=O)NC(C)C(=O)N1C(C)CCOC. The predicted octanol–water partition coefficient (Wildman–Crippen LogP) is 1.17. The second kappa shape index (κ2) is 6.89. The van der Waals surface area contributed by atoms with Crippen molar-refractivity contribution < 1.29 is 14.3 Å². The number of carbonyl (C=O) groups is 2. The molecule has 5 nitrogen and oxygen atoms in total. The third-order valence-electron chi connectivity index (χ3n) is 3.95. The van der Waals surface area contributed by atoms with Crippen molar-refractivity contribution in [2.45, 2.75) is 58.7 Å². The van der Waals surface area contributed by atoms with E-state index in [2.05, 4.69) is 5.32 Å². The molecule has 1 rings (SSSR count). The first kappa shape index (κ1) is 16.0. The van der Waals surface area contributed by atoms with Gasteiger partial charge in [0.1, 0.15) is 12.1 Å². The third-order valence-corrected chi connectivity index (χ3v) is 3.95. The summed E-state index contributed by atoms with van der Waals surface area (Å²) >= 11 is 0. The second-order valence-electron chi connectivity index (χ2n) is 5.44. The van der Waals surface area contributed by atoms with Crippen LogP contribution >= 0.6 is 0 Å². The summed E-state index contributed by atoms with van der Waals surface area (Å²) in [5, 5.41) is 2.77. The van der Waals surface area contributed by atoms with Crippen molar-refractivity contribution in [2.24, 2.45) is 5.92 Å². The number of nitrogens with one attached hydrogen (secondary N) is 1. The molecule has 1 fully saturated rings. The summed E-state index contributed by atoms with van der Waals surface area (Å²) in [6.45, 7) is 8.37. The van der Waals surface area contributed by atoms with E-state index in [-0.39, 0.29) is 29.8 Å². The van der Waals surface area contributed by atoms with Gasteiger partial charge in [-0.1, -0.05) is 20.3 Å². The first-order chi connectivity index (χ1) is 8.93. The zero-order valence-electron chi connectivity index (χ0n) is 12.6. The minimum absolute atomic E-state index is 0.00787. The number of ether oxygens (including phenoxy) is 1. The van der Waals surface area contributed by atoms with Gasteiger partial charge in [-0.3, -0.25) is 9.59 Å². The molecule has 0 aliphatic carbocycles. The standard InChI is InChI=1S/C14H26N2O3/c1-6-9(2)12-13(17)15-11(4)14(18)16(12)10(3)7-8-19-5/h9-12H,6-8H2,1-5H3,(H,15,17). The fraction of sp³-hybridized carbons (Fsp3) is 0.857. The highest BCUT2D eigenvalue weighted by Crippen LogP contribution is 2.23. The van der Waals surface area contributed by atoms with Crippen LogP contribution in [0.3, 0.4) is 0 Å². The van der Waals surface area contributed by atoms with Gasteiger partial charge in [0.2, 0.25) is 11.8 Å². The van der Waals surface area contributed by atoms with Gasteiger partial charge in [0, 0.05) is 19.8 Å². The van der Waals surface area contributed by atoms with Gasteiger partial charge in [0.15, 0.2) is 0 Å². The molecule has 0 radical (unpaired) electrons. The Morgan fingerprint density at radius 2 is 2.00 bits per heavy atom. The maximum Gasteiger partial charge on any atom is 0.245 e. The van der Waals surface area contributed by atoms with E-state index >= 15 is 0 Å². The van der Waals surface area contributed by atoms with E-state index in [9.17, 15) is 9.59 Å². The van der Waals surface area contributed by atoms with Gasteiger partial charge < -0.3 is 15.0 Å². The van der Waals surface area contributed by atoms with Crippen LogP contribution in [0.25, 0.3) is 0 Å². The Labute approximate surface area is 115 Å². The van der Waals surface area contributed by atoms with Gasteiger partial charge in [-0.15, -0.1) is 0 Å². The van der Waals surface area contributed by atoms with E-state index in [1.165, 1.54) is 0 Å². The minimum atomic E-state index is -0.433. The van der Waals surface area contributed by atoms with Crippen molar-refractivity contribution in [1.82, 2.24) is 10.2 Å². The summed E-state index contributed by atoms with van der Waals surface area (Å²) in [4.78, 5) is 26.3. The lowest BCUT2D eigenvalue weighted by Crippen LogP contribution is -2.66. The summed E-state index contributed by atoms with van der Waals surface area (Å²) in [6.07, 6.45) is 1.61. The molecule has 4 unspecified atom stereocenters. The quantitative estimate of drug-likeness (QED) is 0.788. The molecule has 1 N–H and O–H groups in total. The summed E-state index contributed by atoms with van der Waals surface area (Å²) < 4.78 is 5.08. The van der Waals surface area contributed by atoms with Crippen LogP contribution in [0.4, 0.5) is 0 Å². The van der Waals surface area contributed by atoms with Crippen LogP contribution in [0.2, 0.25) is 0 Å². The molecule has 0 aromatic heterocycles. The molecular formula is C14H26N2O3. The van der Waals surface area contributed by atoms with Gasteiger partial charge in [0.25, 0.3) is 0 Å². The van der Waals surface area contributed by atoms with Crippen LogP contribution in [0.15, 0.2) is 0 Å². The predicted molar refractivity (Wildman–Crippen MR) is 73.6 cm³/mol. The zero-order valence-corrected chi connectivity index (χ0v) is 12.6. The lowest BCUT2D eigenvalue weighted by Gasteiger charge is -2.43. The van der Waals surface area contributed by atoms with E-state index in [4.69, 9.17) is 4.74 Å². The number of methoxy groups -OCH3 is 1. The second-order valence-corrected chi connectivity index (χ2v) is 5.44. The van der Waals surface area contributed by atoms with Gasteiger partial charge in [0.05, 0.1) is 0 Å². The molecule has 1 aliphatic heterocycles. The molecule has 4 atom stereocenters. The molecule has 0 saturated carbocycles. The zero-order chi connectivity index (χ0) is 14.6. The van der Waals surface area contributed by atoms with Crippen molar-refractivity contribution in [3.8, 4) is 0 Å². The largest absolute Gasteiger partial charge is 0.385 e. The normalized spacial score (nSPS) is 27.1. The van der Waals surface area contributed by atoms with Crippen molar-refractivity contribution in [3.63, 3.8) is 0 Å². The lowest BCUT2D eigenvalue weighted by molar-refractivity contribution is -0.154. The van der Waals surface area contributed by atoms with E-state index < -0.39 is 6.04 Å². The van der Waals surface area contributed by atoms with E-state index in [0.29, 0.717) is 6.61 Å². The topological polar surface area (TPSA) is 58.6 Å². The average Bonchev–Trinajstić information content (AvgIpc) is 2.38. The fourth-order valence-electron chi connectivity index (χ4n) is 2.52. The van der Waals surface area contributed by atoms with Gasteiger partial charge in [-0.25, -0.2) is 0 Å². The van der Waals surface area contributed by atoms with Crippen LogP contribution in [0.5, 0.6) is 0 Å². The number of nitrogens with zero attached hydrogens (tertiary/aromatic N) is 1. The van der Waals surface area contributed by atoms with Crippen LogP contribution in [-0.4, -0.2) is 48.6 Å². The van der Waals surface area contributed by atoms with E-state index in [0.717, 1.165) is 12.8 Å². The highest BCUT2D eigenvalue weighted by Gasteiger charge is 2.42. The maximum atomic E-state index is 12.4. The fourth-order valence-corrected chi connectivity index (χ4v) is 2.52. The molecule has 2 amide bonds. The summed E-state index contributed by atoms with van der Waals surface area (Å²) in [6, 6.07) is -0.779. The molecular weight excluding hydrogens is 244 g/mol. The first-order valence-corrected chi connectivity index (χ1v) is 7.05. The third kappa shape index (κ3) is 3.47. The number of hydrogen-bond donors (Lipinski definition) is 1. The van der Waals surface area contributed by atoms with Crippen molar-refractivity contribution in [1.29, 1.82) is 0 Å². The molecule has 0 aromatic carbocycles. The Morgan fingerprint density at radius 3 is 2.53 bits per heavy atom. The molecule has 5 heteroatoms. The van der Waals surface area contributed by atoms with Crippen molar-refractivity contribution in [3.05, 3.63) is 0 Å². The van der Waals surface area contributed by atoms with Gasteiger partial charge in [-0.05, 0) is 26.2 Å². The molecule has 19 heavy (non-hydrogen) atoms. The Balaban J connectivity index is 2.94. The minimum Gasteiger partial charge on any atom is -0.385 e. The smallest absolute Gasteiger partial charge is 0.245 e. The average molecular weight is 270 g/mol. The number of carbonyl (C=O) groups excluding carboxylic acids is 2. The number of hydrogen-bond acceptors (Lipinski definition) is 3. The molecule has 0 bridgehead atoms. The molecule has 1 heterocycles.